The van der Waals surface area contributed by atoms with Crippen LogP contribution >= 0.6 is 0 Å². The highest BCUT2D eigenvalue weighted by Crippen LogP contribution is 2.33. The minimum Gasteiger partial charge on any atom is -0.399 e. The van der Waals surface area contributed by atoms with Crippen molar-refractivity contribution in [2.45, 2.75) is 44.0 Å². The van der Waals surface area contributed by atoms with Crippen molar-refractivity contribution < 1.29 is 8.42 Å². The number of rotatable bonds is 4. The van der Waals surface area contributed by atoms with E-state index < -0.39 is 10.0 Å². The number of nitrogen functional groups attached to an aromatic ring is 1. The second kappa shape index (κ2) is 5.02. The van der Waals surface area contributed by atoms with E-state index in [9.17, 15) is 8.42 Å². The van der Waals surface area contributed by atoms with Crippen molar-refractivity contribution in [2.75, 3.05) is 11.1 Å². The van der Waals surface area contributed by atoms with Gasteiger partial charge in [0.15, 0.2) is 0 Å². The third-order valence-corrected chi connectivity index (χ3v) is 4.97. The lowest BCUT2D eigenvalue weighted by Crippen LogP contribution is -2.31. The number of hydrogen-bond donors (Lipinski definition) is 3. The van der Waals surface area contributed by atoms with Gasteiger partial charge in [-0.2, -0.15) is 0 Å². The molecule has 1 atom stereocenters. The predicted molar refractivity (Wildman–Crippen MR) is 77.4 cm³/mol. The smallest absolute Gasteiger partial charge is 0.238 e. The van der Waals surface area contributed by atoms with Crippen LogP contribution in [0.25, 0.3) is 0 Å². The molecule has 0 aliphatic heterocycles. The van der Waals surface area contributed by atoms with Gasteiger partial charge in [0.2, 0.25) is 10.0 Å². The van der Waals surface area contributed by atoms with Gasteiger partial charge in [-0.05, 0) is 50.3 Å². The van der Waals surface area contributed by atoms with Crippen LogP contribution in [0.1, 0.15) is 31.7 Å². The number of anilines is 2. The van der Waals surface area contributed by atoms with Gasteiger partial charge < -0.3 is 11.1 Å². The zero-order valence-corrected chi connectivity index (χ0v) is 12.1. The maximum Gasteiger partial charge on any atom is 0.238 e. The van der Waals surface area contributed by atoms with Crippen LogP contribution in [0.4, 0.5) is 11.4 Å². The summed E-state index contributed by atoms with van der Waals surface area (Å²) in [5.41, 5.74) is 7.54. The minimum absolute atomic E-state index is 0.0933. The second-order valence-corrected chi connectivity index (χ2v) is 6.89. The summed E-state index contributed by atoms with van der Waals surface area (Å²) in [7, 11) is -3.75. The van der Waals surface area contributed by atoms with E-state index in [0.717, 1.165) is 5.69 Å². The molecule has 0 aromatic heterocycles. The van der Waals surface area contributed by atoms with Gasteiger partial charge in [-0.1, -0.05) is 6.42 Å². The molecule has 1 aliphatic carbocycles. The van der Waals surface area contributed by atoms with Crippen LogP contribution in [0.5, 0.6) is 0 Å². The first kappa shape index (κ1) is 14.1. The monoisotopic (exact) mass is 283 g/mol. The van der Waals surface area contributed by atoms with E-state index >= 15 is 0 Å². The highest BCUT2D eigenvalue weighted by atomic mass is 32.2. The highest BCUT2D eigenvalue weighted by Gasteiger charge is 2.25. The van der Waals surface area contributed by atoms with Crippen molar-refractivity contribution in [3.05, 3.63) is 17.7 Å². The van der Waals surface area contributed by atoms with Gasteiger partial charge in [0.25, 0.3) is 0 Å². The number of hydrogen-bond acceptors (Lipinski definition) is 4. The van der Waals surface area contributed by atoms with Gasteiger partial charge in [-0.25, -0.2) is 13.6 Å². The molecule has 0 heterocycles. The van der Waals surface area contributed by atoms with E-state index in [2.05, 4.69) is 12.2 Å². The molecule has 0 spiro atoms. The van der Waals surface area contributed by atoms with Crippen molar-refractivity contribution in [1.29, 1.82) is 0 Å². The van der Waals surface area contributed by atoms with Gasteiger partial charge in [0, 0.05) is 17.4 Å². The Kier molecular flexibility index (Phi) is 3.73. The van der Waals surface area contributed by atoms with Gasteiger partial charge >= 0.3 is 0 Å². The van der Waals surface area contributed by atoms with E-state index in [1.807, 2.05) is 0 Å². The maximum absolute atomic E-state index is 11.5. The highest BCUT2D eigenvalue weighted by molar-refractivity contribution is 7.89. The summed E-state index contributed by atoms with van der Waals surface area (Å²) >= 11 is 0. The van der Waals surface area contributed by atoms with Crippen LogP contribution in [0.3, 0.4) is 0 Å². The maximum atomic E-state index is 11.5. The number of sulfonamides is 1. The van der Waals surface area contributed by atoms with Crippen LogP contribution in [0, 0.1) is 12.8 Å². The van der Waals surface area contributed by atoms with Gasteiger partial charge in [0.1, 0.15) is 0 Å². The van der Waals surface area contributed by atoms with Crippen LogP contribution in [-0.4, -0.2) is 14.5 Å². The first-order valence-corrected chi connectivity index (χ1v) is 8.03. The van der Waals surface area contributed by atoms with Crippen LogP contribution in [0.2, 0.25) is 0 Å². The summed E-state index contributed by atoms with van der Waals surface area (Å²) in [6, 6.07) is 3.48. The van der Waals surface area contributed by atoms with Crippen LogP contribution in [0.15, 0.2) is 17.0 Å². The summed E-state index contributed by atoms with van der Waals surface area (Å²) in [5, 5.41) is 8.58. The quantitative estimate of drug-likeness (QED) is 0.734. The molecule has 0 bridgehead atoms. The van der Waals surface area contributed by atoms with Crippen molar-refractivity contribution in [3.8, 4) is 0 Å². The fourth-order valence-corrected chi connectivity index (χ4v) is 3.29. The lowest BCUT2D eigenvalue weighted by atomic mass is 9.80. The molecule has 0 saturated heterocycles. The first-order valence-electron chi connectivity index (χ1n) is 6.48. The van der Waals surface area contributed by atoms with Crippen molar-refractivity contribution in [3.63, 3.8) is 0 Å². The standard InChI is InChI=1S/C13H21N3O2S/c1-8-12(16-9(2)10-4-3-5-10)6-11(14)7-13(8)19(15,17)18/h6-7,9-10,16H,3-5,14H2,1-2H3,(H2,15,17,18). The molecule has 1 aliphatic rings. The lowest BCUT2D eigenvalue weighted by Gasteiger charge is -2.33. The largest absolute Gasteiger partial charge is 0.399 e. The Hall–Kier alpha value is -1.27. The average Bonchev–Trinajstić information content (AvgIpc) is 2.18. The number of nitrogens with one attached hydrogen (secondary N) is 1. The topological polar surface area (TPSA) is 98.2 Å². The zero-order chi connectivity index (χ0) is 14.2. The van der Waals surface area contributed by atoms with E-state index in [1.165, 1.54) is 25.3 Å². The Labute approximate surface area is 114 Å². The molecule has 1 aromatic carbocycles. The molecule has 106 valence electrons. The summed E-state index contributed by atoms with van der Waals surface area (Å²) in [6.45, 7) is 3.86. The average molecular weight is 283 g/mol. The number of benzene rings is 1. The first-order chi connectivity index (χ1) is 8.79. The Morgan fingerprint density at radius 2 is 2.00 bits per heavy atom. The van der Waals surface area contributed by atoms with Gasteiger partial charge in [0.05, 0.1) is 4.90 Å². The molecule has 1 aromatic rings. The molecule has 1 saturated carbocycles. The predicted octanol–water partition coefficient (Wildman–Crippen LogP) is 1.83. The normalized spacial score (nSPS) is 17.8. The third-order valence-electron chi connectivity index (χ3n) is 3.93. The molecule has 5 N–H and O–H groups in total. The molecule has 6 heteroatoms. The van der Waals surface area contributed by atoms with Crippen molar-refractivity contribution in [2.24, 2.45) is 11.1 Å². The summed E-state index contributed by atoms with van der Waals surface area (Å²) in [5.74, 6) is 0.652. The Bertz CT molecular complexity index is 580. The molecule has 19 heavy (non-hydrogen) atoms. The molecule has 1 unspecified atom stereocenters. The molecular weight excluding hydrogens is 262 g/mol. The Balaban J connectivity index is 2.32. The summed E-state index contributed by atoms with van der Waals surface area (Å²) in [6.07, 6.45) is 3.71. The number of primary sulfonamides is 1. The third kappa shape index (κ3) is 3.01. The minimum atomic E-state index is -3.75. The molecule has 1 fully saturated rings. The molecule has 0 amide bonds. The van der Waals surface area contributed by atoms with Crippen LogP contribution < -0.4 is 16.2 Å². The van der Waals surface area contributed by atoms with Crippen LogP contribution in [-0.2, 0) is 10.0 Å². The molecule has 0 radical (unpaired) electrons. The Morgan fingerprint density at radius 1 is 1.37 bits per heavy atom. The zero-order valence-electron chi connectivity index (χ0n) is 11.3. The fourth-order valence-electron chi connectivity index (χ4n) is 2.46. The van der Waals surface area contributed by atoms with Gasteiger partial charge in [-0.3, -0.25) is 0 Å². The van der Waals surface area contributed by atoms with Crippen molar-refractivity contribution >= 4 is 21.4 Å². The van der Waals surface area contributed by atoms with E-state index in [1.54, 1.807) is 13.0 Å². The Morgan fingerprint density at radius 3 is 2.47 bits per heavy atom. The summed E-state index contributed by atoms with van der Waals surface area (Å²) < 4.78 is 23.1. The second-order valence-electron chi connectivity index (χ2n) is 5.36. The SMILES string of the molecule is Cc1c(NC(C)C2CCC2)cc(N)cc1S(N)(=O)=O. The lowest BCUT2D eigenvalue weighted by molar-refractivity contribution is 0.285. The van der Waals surface area contributed by atoms with Gasteiger partial charge in [-0.15, -0.1) is 0 Å². The molecular formula is C13H21N3O2S. The molecule has 5 nitrogen and oxygen atoms in total. The van der Waals surface area contributed by atoms with E-state index in [-0.39, 0.29) is 4.90 Å². The summed E-state index contributed by atoms with van der Waals surface area (Å²) in [4.78, 5) is 0.0933. The number of nitrogens with two attached hydrogens (primary N) is 2. The van der Waals surface area contributed by atoms with Crippen molar-refractivity contribution in [1.82, 2.24) is 0 Å². The fraction of sp³-hybridized carbons (Fsp3) is 0.538. The molecule has 2 rings (SSSR count). The van der Waals surface area contributed by atoms with E-state index in [4.69, 9.17) is 10.9 Å². The van der Waals surface area contributed by atoms with E-state index in [0.29, 0.717) is 23.2 Å².